The van der Waals surface area contributed by atoms with E-state index in [1.807, 2.05) is 0 Å². The van der Waals surface area contributed by atoms with Crippen LogP contribution in [0.25, 0.3) is 0 Å². The monoisotopic (exact) mass is 165 g/mol. The lowest BCUT2D eigenvalue weighted by atomic mass is 10.3. The van der Waals surface area contributed by atoms with Gasteiger partial charge in [-0.25, -0.2) is 4.39 Å². The Morgan fingerprint density at radius 3 is 2.73 bits per heavy atom. The smallest absolute Gasteiger partial charge is 0.102 e. The van der Waals surface area contributed by atoms with Crippen LogP contribution in [0.1, 0.15) is 0 Å². The molecule has 0 fully saturated rings. The average molecular weight is 165 g/mol. The Kier molecular flexibility index (Phi) is 6.40. The lowest BCUT2D eigenvalue weighted by Gasteiger charge is -2.18. The van der Waals surface area contributed by atoms with E-state index in [9.17, 15) is 4.39 Å². The van der Waals surface area contributed by atoms with Gasteiger partial charge < -0.3 is 14.7 Å². The molecule has 0 radical (unpaired) electrons. The van der Waals surface area contributed by atoms with Crippen LogP contribution in [0.15, 0.2) is 0 Å². The first kappa shape index (κ1) is 10.8. The molecule has 1 N–H and O–H groups in total. The van der Waals surface area contributed by atoms with Crippen LogP contribution >= 0.6 is 0 Å². The highest BCUT2D eigenvalue weighted by molar-refractivity contribution is 4.59. The van der Waals surface area contributed by atoms with Crippen molar-refractivity contribution < 1.29 is 14.2 Å². The third kappa shape index (κ3) is 6.22. The van der Waals surface area contributed by atoms with Crippen LogP contribution in [0.4, 0.5) is 4.39 Å². The maximum Gasteiger partial charge on any atom is 0.102 e. The van der Waals surface area contributed by atoms with Crippen molar-refractivity contribution in [1.29, 1.82) is 0 Å². The fourth-order valence-electron chi connectivity index (χ4n) is 0.840. The van der Waals surface area contributed by atoms with Gasteiger partial charge in [0.2, 0.25) is 0 Å². The molecule has 4 heteroatoms. The maximum atomic E-state index is 11.7. The third-order valence-electron chi connectivity index (χ3n) is 1.35. The van der Waals surface area contributed by atoms with E-state index < -0.39 is 6.10 Å². The largest absolute Gasteiger partial charge is 0.389 e. The minimum absolute atomic E-state index is 0.302. The van der Waals surface area contributed by atoms with E-state index in [-0.39, 0.29) is 6.67 Å². The summed E-state index contributed by atoms with van der Waals surface area (Å²) in [6.45, 7) is 0.741. The van der Waals surface area contributed by atoms with Crippen LogP contribution in [0.5, 0.6) is 0 Å². The lowest BCUT2D eigenvalue weighted by molar-refractivity contribution is 0.0423. The molecule has 0 saturated heterocycles. The molecular formula is C7H16FNO2. The van der Waals surface area contributed by atoms with Crippen molar-refractivity contribution in [2.24, 2.45) is 0 Å². The van der Waals surface area contributed by atoms with Crippen molar-refractivity contribution in [2.75, 3.05) is 40.5 Å². The number of likely N-dealkylation sites (N-methyl/N-ethyl adjacent to an activating group) is 1. The van der Waals surface area contributed by atoms with Gasteiger partial charge in [-0.2, -0.15) is 0 Å². The van der Waals surface area contributed by atoms with Gasteiger partial charge in [0.05, 0.1) is 12.7 Å². The van der Waals surface area contributed by atoms with E-state index in [1.165, 1.54) is 7.11 Å². The molecule has 0 bridgehead atoms. The van der Waals surface area contributed by atoms with Crippen LogP contribution in [0.2, 0.25) is 0 Å². The van der Waals surface area contributed by atoms with E-state index >= 15 is 0 Å². The number of hydrogen-bond acceptors (Lipinski definition) is 3. The molecule has 0 saturated carbocycles. The van der Waals surface area contributed by atoms with Crippen molar-refractivity contribution in [3.05, 3.63) is 0 Å². The van der Waals surface area contributed by atoms with Gasteiger partial charge in [0.1, 0.15) is 6.67 Å². The summed E-state index contributed by atoms with van der Waals surface area (Å²) in [5, 5.41) is 9.16. The van der Waals surface area contributed by atoms with Gasteiger partial charge in [-0.1, -0.05) is 0 Å². The van der Waals surface area contributed by atoms with Crippen molar-refractivity contribution in [3.63, 3.8) is 0 Å². The standard InChI is InChI=1S/C7H16FNO2/c1-9(4-3-8)5-7(10)6-11-2/h7,10H,3-6H2,1-2H3. The topological polar surface area (TPSA) is 32.7 Å². The maximum absolute atomic E-state index is 11.7. The Labute approximate surface area is 66.8 Å². The number of alkyl halides is 1. The number of nitrogens with zero attached hydrogens (tertiary/aromatic N) is 1. The third-order valence-corrected chi connectivity index (χ3v) is 1.35. The second kappa shape index (κ2) is 6.52. The number of halogens is 1. The van der Waals surface area contributed by atoms with Gasteiger partial charge in [0.25, 0.3) is 0 Å². The first-order valence-electron chi connectivity index (χ1n) is 3.62. The van der Waals surface area contributed by atoms with E-state index in [0.29, 0.717) is 19.7 Å². The molecule has 1 unspecified atom stereocenters. The summed E-state index contributed by atoms with van der Waals surface area (Å²) in [4.78, 5) is 1.73. The predicted octanol–water partition coefficient (Wildman–Crippen LogP) is -0.105. The summed E-state index contributed by atoms with van der Waals surface area (Å²) >= 11 is 0. The predicted molar refractivity (Wildman–Crippen MR) is 41.4 cm³/mol. The molecule has 0 amide bonds. The lowest BCUT2D eigenvalue weighted by Crippen LogP contribution is -2.33. The molecule has 0 aromatic rings. The molecule has 0 aliphatic carbocycles. The van der Waals surface area contributed by atoms with E-state index in [1.54, 1.807) is 11.9 Å². The second-order valence-corrected chi connectivity index (χ2v) is 2.56. The molecule has 0 rings (SSSR count). The molecule has 11 heavy (non-hydrogen) atoms. The summed E-state index contributed by atoms with van der Waals surface area (Å²) in [5.41, 5.74) is 0. The number of aliphatic hydroxyl groups excluding tert-OH is 1. The number of ether oxygens (including phenoxy) is 1. The molecule has 0 aromatic carbocycles. The SMILES string of the molecule is COCC(O)CN(C)CCF. The molecule has 0 aliphatic rings. The second-order valence-electron chi connectivity index (χ2n) is 2.56. The Hall–Kier alpha value is -0.190. The molecule has 0 aliphatic heterocycles. The van der Waals surface area contributed by atoms with E-state index in [4.69, 9.17) is 9.84 Å². The van der Waals surface area contributed by atoms with Crippen molar-refractivity contribution in [2.45, 2.75) is 6.10 Å². The van der Waals surface area contributed by atoms with Gasteiger partial charge >= 0.3 is 0 Å². The minimum Gasteiger partial charge on any atom is -0.389 e. The number of hydrogen-bond donors (Lipinski definition) is 1. The van der Waals surface area contributed by atoms with Gasteiger partial charge in [-0.15, -0.1) is 0 Å². The zero-order valence-corrected chi connectivity index (χ0v) is 7.09. The summed E-state index contributed by atoms with van der Waals surface area (Å²) in [6, 6.07) is 0. The summed E-state index contributed by atoms with van der Waals surface area (Å²) in [5.74, 6) is 0. The quantitative estimate of drug-likeness (QED) is 0.596. The van der Waals surface area contributed by atoms with Gasteiger partial charge in [-0.05, 0) is 7.05 Å². The van der Waals surface area contributed by atoms with Crippen molar-refractivity contribution in [1.82, 2.24) is 4.90 Å². The van der Waals surface area contributed by atoms with Crippen LogP contribution in [-0.4, -0.2) is 56.6 Å². The zero-order chi connectivity index (χ0) is 8.69. The Balaban J connectivity index is 3.32. The minimum atomic E-state index is -0.517. The van der Waals surface area contributed by atoms with Gasteiger partial charge in [0, 0.05) is 20.2 Å². The van der Waals surface area contributed by atoms with Crippen molar-refractivity contribution in [3.8, 4) is 0 Å². The van der Waals surface area contributed by atoms with E-state index in [2.05, 4.69) is 0 Å². The highest BCUT2D eigenvalue weighted by Crippen LogP contribution is 1.89. The van der Waals surface area contributed by atoms with E-state index in [0.717, 1.165) is 0 Å². The molecule has 0 aromatic heterocycles. The highest BCUT2D eigenvalue weighted by Gasteiger charge is 2.06. The fourth-order valence-corrected chi connectivity index (χ4v) is 0.840. The fraction of sp³-hybridized carbons (Fsp3) is 1.00. The van der Waals surface area contributed by atoms with Crippen molar-refractivity contribution >= 4 is 0 Å². The Morgan fingerprint density at radius 1 is 1.64 bits per heavy atom. The normalized spacial score (nSPS) is 13.9. The molecule has 68 valence electrons. The average Bonchev–Trinajstić information content (AvgIpc) is 1.87. The Bertz CT molecular complexity index is 82.5. The van der Waals surface area contributed by atoms with Crippen LogP contribution in [-0.2, 0) is 4.74 Å². The molecule has 3 nitrogen and oxygen atoms in total. The van der Waals surface area contributed by atoms with Crippen LogP contribution < -0.4 is 0 Å². The molecule has 1 atom stereocenters. The molecule has 0 heterocycles. The zero-order valence-electron chi connectivity index (χ0n) is 7.09. The van der Waals surface area contributed by atoms with Gasteiger partial charge in [-0.3, -0.25) is 0 Å². The summed E-state index contributed by atoms with van der Waals surface area (Å²) in [6.07, 6.45) is -0.517. The number of rotatable bonds is 6. The first-order chi connectivity index (χ1) is 5.20. The number of aliphatic hydroxyl groups is 1. The van der Waals surface area contributed by atoms with Crippen LogP contribution in [0, 0.1) is 0 Å². The summed E-state index contributed by atoms with van der Waals surface area (Å²) < 4.78 is 16.4. The molecule has 0 spiro atoms. The first-order valence-corrected chi connectivity index (χ1v) is 3.62. The molecular weight excluding hydrogens is 149 g/mol. The van der Waals surface area contributed by atoms with Crippen LogP contribution in [0.3, 0.4) is 0 Å². The number of methoxy groups -OCH3 is 1. The van der Waals surface area contributed by atoms with Gasteiger partial charge in [0.15, 0.2) is 0 Å². The highest BCUT2D eigenvalue weighted by atomic mass is 19.1. The Morgan fingerprint density at radius 2 is 2.27 bits per heavy atom. The summed E-state index contributed by atoms with van der Waals surface area (Å²) in [7, 11) is 3.29.